The first-order chi connectivity index (χ1) is 11.2. The quantitative estimate of drug-likeness (QED) is 0.718. The van der Waals surface area contributed by atoms with Crippen LogP contribution in [-0.2, 0) is 16.0 Å². The Bertz CT molecular complexity index is 825. The molecule has 0 saturated carbocycles. The van der Waals surface area contributed by atoms with Gasteiger partial charge in [-0.2, -0.15) is 0 Å². The topological polar surface area (TPSA) is 42.1 Å². The molecule has 0 bridgehead atoms. The summed E-state index contributed by atoms with van der Waals surface area (Å²) in [7, 11) is 0. The number of rotatable bonds is 5. The van der Waals surface area contributed by atoms with Crippen LogP contribution in [0.25, 0.3) is 10.9 Å². The number of fused-ring (bicyclic) bond motifs is 1. The Balaban J connectivity index is 1.99. The second kappa shape index (κ2) is 6.65. The Morgan fingerprint density at radius 2 is 1.91 bits per heavy atom. The zero-order valence-corrected chi connectivity index (χ0v) is 12.9. The lowest BCUT2D eigenvalue weighted by Gasteiger charge is -2.16. The fourth-order valence-corrected chi connectivity index (χ4v) is 2.84. The number of nitrogens with one attached hydrogen (secondary N) is 1. The van der Waals surface area contributed by atoms with E-state index in [9.17, 15) is 9.18 Å². The Morgan fingerprint density at radius 3 is 2.70 bits per heavy atom. The standard InChI is InChI=1S/C19H18FNO2/c1-2-23-19(22)16(15-8-3-5-9-17(15)20)11-13-12-21-18-10-6-4-7-14(13)18/h3-10,12,16,21H,2,11H2,1H3/t16-/m0/s1. The highest BCUT2D eigenvalue weighted by Crippen LogP contribution is 2.28. The van der Waals surface area contributed by atoms with Gasteiger partial charge >= 0.3 is 5.97 Å². The molecule has 3 rings (SSSR count). The van der Waals surface area contributed by atoms with E-state index >= 15 is 0 Å². The zero-order valence-electron chi connectivity index (χ0n) is 12.9. The van der Waals surface area contributed by atoms with Gasteiger partial charge in [0, 0.05) is 22.7 Å². The van der Waals surface area contributed by atoms with Crippen LogP contribution in [0, 0.1) is 5.82 Å². The van der Waals surface area contributed by atoms with Crippen molar-refractivity contribution in [1.29, 1.82) is 0 Å². The van der Waals surface area contributed by atoms with Gasteiger partial charge in [0.25, 0.3) is 0 Å². The molecule has 1 heterocycles. The van der Waals surface area contributed by atoms with E-state index < -0.39 is 11.9 Å². The molecule has 0 spiro atoms. The molecular weight excluding hydrogens is 293 g/mol. The van der Waals surface area contributed by atoms with E-state index in [0.29, 0.717) is 12.0 Å². The predicted molar refractivity (Wildman–Crippen MR) is 87.8 cm³/mol. The largest absolute Gasteiger partial charge is 0.466 e. The molecule has 0 aliphatic rings. The highest BCUT2D eigenvalue weighted by molar-refractivity contribution is 5.85. The first-order valence-electron chi connectivity index (χ1n) is 7.66. The van der Waals surface area contributed by atoms with Crippen LogP contribution in [0.15, 0.2) is 54.7 Å². The van der Waals surface area contributed by atoms with Crippen LogP contribution >= 0.6 is 0 Å². The molecule has 1 N–H and O–H groups in total. The van der Waals surface area contributed by atoms with Gasteiger partial charge in [-0.25, -0.2) is 4.39 Å². The molecule has 3 nitrogen and oxygen atoms in total. The summed E-state index contributed by atoms with van der Waals surface area (Å²) < 4.78 is 19.3. The van der Waals surface area contributed by atoms with Crippen LogP contribution in [0.1, 0.15) is 24.0 Å². The first-order valence-corrected chi connectivity index (χ1v) is 7.66. The summed E-state index contributed by atoms with van der Waals surface area (Å²) in [6.45, 7) is 2.03. The van der Waals surface area contributed by atoms with Gasteiger partial charge < -0.3 is 9.72 Å². The van der Waals surface area contributed by atoms with Gasteiger partial charge in [0.2, 0.25) is 0 Å². The number of ether oxygens (including phenoxy) is 1. The lowest BCUT2D eigenvalue weighted by Crippen LogP contribution is -2.19. The third-order valence-electron chi connectivity index (χ3n) is 3.95. The summed E-state index contributed by atoms with van der Waals surface area (Å²) in [5.41, 5.74) is 2.34. The molecule has 1 aromatic heterocycles. The van der Waals surface area contributed by atoms with E-state index in [2.05, 4.69) is 4.98 Å². The minimum atomic E-state index is -0.657. The van der Waals surface area contributed by atoms with Crippen molar-refractivity contribution in [1.82, 2.24) is 4.98 Å². The van der Waals surface area contributed by atoms with Crippen molar-refractivity contribution in [2.24, 2.45) is 0 Å². The SMILES string of the molecule is CCOC(=O)[C@@H](Cc1c[nH]c2ccccc12)c1ccccc1F. The number of H-pyrrole nitrogens is 1. The molecule has 118 valence electrons. The van der Waals surface area contributed by atoms with Crippen molar-refractivity contribution in [3.8, 4) is 0 Å². The molecule has 2 aromatic carbocycles. The third kappa shape index (κ3) is 3.11. The fraction of sp³-hybridized carbons (Fsp3) is 0.211. The number of carbonyl (C=O) groups is 1. The van der Waals surface area contributed by atoms with Crippen LogP contribution in [-0.4, -0.2) is 17.6 Å². The molecule has 0 aliphatic carbocycles. The molecular formula is C19H18FNO2. The molecule has 0 radical (unpaired) electrons. The molecule has 23 heavy (non-hydrogen) atoms. The minimum Gasteiger partial charge on any atom is -0.466 e. The maximum Gasteiger partial charge on any atom is 0.313 e. The number of hydrogen-bond acceptors (Lipinski definition) is 2. The molecule has 0 unspecified atom stereocenters. The second-order valence-corrected chi connectivity index (χ2v) is 5.39. The Hall–Kier alpha value is -2.62. The molecule has 1 atom stereocenters. The average molecular weight is 311 g/mol. The molecule has 0 amide bonds. The van der Waals surface area contributed by atoms with Crippen molar-refractivity contribution in [2.45, 2.75) is 19.3 Å². The monoisotopic (exact) mass is 311 g/mol. The second-order valence-electron chi connectivity index (χ2n) is 5.39. The van der Waals surface area contributed by atoms with Gasteiger partial charge in [-0.05, 0) is 31.0 Å². The number of para-hydroxylation sites is 1. The van der Waals surface area contributed by atoms with Gasteiger partial charge in [0.15, 0.2) is 0 Å². The van der Waals surface area contributed by atoms with E-state index in [4.69, 9.17) is 4.74 Å². The number of halogens is 1. The lowest BCUT2D eigenvalue weighted by molar-refractivity contribution is -0.145. The molecule has 3 aromatic rings. The highest BCUT2D eigenvalue weighted by Gasteiger charge is 2.26. The Labute approximate surface area is 134 Å². The van der Waals surface area contributed by atoms with E-state index in [1.165, 1.54) is 6.07 Å². The maximum absolute atomic E-state index is 14.2. The molecule has 0 fully saturated rings. The Kier molecular flexibility index (Phi) is 4.42. The first kappa shape index (κ1) is 15.3. The van der Waals surface area contributed by atoms with Crippen LogP contribution in [0.2, 0.25) is 0 Å². The summed E-state index contributed by atoms with van der Waals surface area (Å²) in [5.74, 6) is -1.44. The van der Waals surface area contributed by atoms with Crippen LogP contribution in [0.5, 0.6) is 0 Å². The van der Waals surface area contributed by atoms with E-state index in [-0.39, 0.29) is 12.4 Å². The van der Waals surface area contributed by atoms with Crippen molar-refractivity contribution < 1.29 is 13.9 Å². The smallest absolute Gasteiger partial charge is 0.313 e. The van der Waals surface area contributed by atoms with Gasteiger partial charge in [-0.3, -0.25) is 4.79 Å². The fourth-order valence-electron chi connectivity index (χ4n) is 2.84. The van der Waals surface area contributed by atoms with Crippen LogP contribution < -0.4 is 0 Å². The van der Waals surface area contributed by atoms with E-state index in [1.54, 1.807) is 25.1 Å². The summed E-state index contributed by atoms with van der Waals surface area (Å²) >= 11 is 0. The number of benzene rings is 2. The molecule has 0 saturated heterocycles. The highest BCUT2D eigenvalue weighted by atomic mass is 19.1. The maximum atomic E-state index is 14.2. The van der Waals surface area contributed by atoms with Gasteiger partial charge in [-0.15, -0.1) is 0 Å². The summed E-state index contributed by atoms with van der Waals surface area (Å²) in [6.07, 6.45) is 2.27. The van der Waals surface area contributed by atoms with E-state index in [0.717, 1.165) is 16.5 Å². The number of aromatic nitrogens is 1. The van der Waals surface area contributed by atoms with Gasteiger partial charge in [0.05, 0.1) is 12.5 Å². The predicted octanol–water partition coefficient (Wildman–Crippen LogP) is 4.20. The minimum absolute atomic E-state index is 0.275. The number of hydrogen-bond donors (Lipinski definition) is 1. The number of carbonyl (C=O) groups excluding carboxylic acids is 1. The van der Waals surface area contributed by atoms with Crippen molar-refractivity contribution >= 4 is 16.9 Å². The van der Waals surface area contributed by atoms with Crippen molar-refractivity contribution in [2.75, 3.05) is 6.61 Å². The number of aromatic amines is 1. The van der Waals surface area contributed by atoms with Crippen molar-refractivity contribution in [3.05, 3.63) is 71.7 Å². The lowest BCUT2D eigenvalue weighted by atomic mass is 9.91. The van der Waals surface area contributed by atoms with Crippen LogP contribution in [0.4, 0.5) is 4.39 Å². The zero-order chi connectivity index (χ0) is 16.2. The average Bonchev–Trinajstić information content (AvgIpc) is 2.97. The third-order valence-corrected chi connectivity index (χ3v) is 3.95. The van der Waals surface area contributed by atoms with Gasteiger partial charge in [-0.1, -0.05) is 36.4 Å². The Morgan fingerprint density at radius 1 is 1.17 bits per heavy atom. The van der Waals surface area contributed by atoms with Crippen LogP contribution in [0.3, 0.4) is 0 Å². The number of esters is 1. The summed E-state index contributed by atoms with van der Waals surface area (Å²) in [4.78, 5) is 15.5. The van der Waals surface area contributed by atoms with E-state index in [1.807, 2.05) is 30.5 Å². The molecule has 0 aliphatic heterocycles. The normalized spacial score (nSPS) is 12.3. The summed E-state index contributed by atoms with van der Waals surface area (Å²) in [6, 6.07) is 14.2. The van der Waals surface area contributed by atoms with Gasteiger partial charge in [0.1, 0.15) is 5.82 Å². The van der Waals surface area contributed by atoms with Crippen molar-refractivity contribution in [3.63, 3.8) is 0 Å². The molecule has 4 heteroatoms. The summed E-state index contributed by atoms with van der Waals surface area (Å²) in [5, 5.41) is 1.04.